The molecule has 21 heavy (non-hydrogen) atoms. The zero-order valence-corrected chi connectivity index (χ0v) is 14.1. The van der Waals surface area contributed by atoms with Crippen LogP contribution in [-0.2, 0) is 13.0 Å². The second-order valence-electron chi connectivity index (χ2n) is 6.57. The van der Waals surface area contributed by atoms with Gasteiger partial charge < -0.3 is 10.6 Å². The number of thiazole rings is 1. The molecule has 118 valence electrons. The fraction of sp³-hybridized carbons (Fsp3) is 0.824. The van der Waals surface area contributed by atoms with Crippen LogP contribution < -0.4 is 10.6 Å². The molecule has 0 spiro atoms. The van der Waals surface area contributed by atoms with Gasteiger partial charge >= 0.3 is 0 Å². The lowest BCUT2D eigenvalue weighted by molar-refractivity contribution is 0.181. The number of hydrogen-bond donors (Lipinski definition) is 2. The summed E-state index contributed by atoms with van der Waals surface area (Å²) in [4.78, 5) is 5.95. The van der Waals surface area contributed by atoms with Crippen molar-refractivity contribution in [1.29, 1.82) is 0 Å². The van der Waals surface area contributed by atoms with Crippen molar-refractivity contribution in [2.75, 3.05) is 6.54 Å². The Kier molecular flexibility index (Phi) is 5.67. The van der Waals surface area contributed by atoms with Crippen molar-refractivity contribution in [3.05, 3.63) is 16.1 Å². The van der Waals surface area contributed by atoms with Crippen LogP contribution in [-0.4, -0.2) is 23.6 Å². The molecular weight excluding hydrogens is 278 g/mol. The van der Waals surface area contributed by atoms with Gasteiger partial charge in [-0.15, -0.1) is 11.3 Å². The third-order valence-electron chi connectivity index (χ3n) is 5.15. The molecule has 2 aliphatic rings. The van der Waals surface area contributed by atoms with Crippen LogP contribution in [0.1, 0.15) is 61.8 Å². The number of aryl methyl sites for hydroxylation is 1. The fourth-order valence-corrected chi connectivity index (χ4v) is 4.76. The molecule has 2 heterocycles. The van der Waals surface area contributed by atoms with E-state index in [0.717, 1.165) is 24.9 Å². The van der Waals surface area contributed by atoms with E-state index in [0.29, 0.717) is 6.04 Å². The number of piperidine rings is 1. The van der Waals surface area contributed by atoms with E-state index in [1.807, 2.05) is 17.5 Å². The van der Waals surface area contributed by atoms with Crippen LogP contribution in [0.25, 0.3) is 0 Å². The van der Waals surface area contributed by atoms with Crippen LogP contribution in [0.4, 0.5) is 0 Å². The van der Waals surface area contributed by atoms with Gasteiger partial charge in [0.15, 0.2) is 0 Å². The number of rotatable bonds is 5. The smallest absolute Gasteiger partial charge is 0.107 e. The average Bonchev–Trinajstić information content (AvgIpc) is 3.02. The van der Waals surface area contributed by atoms with Crippen LogP contribution in [0.15, 0.2) is 6.20 Å². The molecule has 1 aliphatic heterocycles. The fourth-order valence-electron chi connectivity index (χ4n) is 3.95. The van der Waals surface area contributed by atoms with Crippen molar-refractivity contribution in [2.24, 2.45) is 5.92 Å². The van der Waals surface area contributed by atoms with Gasteiger partial charge in [0.2, 0.25) is 0 Å². The molecule has 1 aliphatic carbocycles. The first-order chi connectivity index (χ1) is 10.4. The standard InChI is InChI=1S/C17H29N3S/c1-2-13-11-20-17(21-13)12-19-16-8-4-3-7-14(16)15-9-5-6-10-18-15/h11,14-16,18-19H,2-10,12H2,1H3. The first-order valence-electron chi connectivity index (χ1n) is 8.77. The minimum atomic E-state index is 0.684. The van der Waals surface area contributed by atoms with Crippen LogP contribution >= 0.6 is 11.3 Å². The molecule has 1 saturated carbocycles. The van der Waals surface area contributed by atoms with Gasteiger partial charge in [0.1, 0.15) is 5.01 Å². The first-order valence-corrected chi connectivity index (χ1v) is 9.59. The number of hydrogen-bond acceptors (Lipinski definition) is 4. The summed E-state index contributed by atoms with van der Waals surface area (Å²) < 4.78 is 0. The Balaban J connectivity index is 1.56. The van der Waals surface area contributed by atoms with Gasteiger partial charge in [-0.1, -0.05) is 26.2 Å². The van der Waals surface area contributed by atoms with Crippen molar-refractivity contribution in [1.82, 2.24) is 15.6 Å². The zero-order valence-electron chi connectivity index (χ0n) is 13.2. The number of nitrogens with one attached hydrogen (secondary N) is 2. The van der Waals surface area contributed by atoms with E-state index in [2.05, 4.69) is 22.5 Å². The lowest BCUT2D eigenvalue weighted by Crippen LogP contribution is -2.50. The second-order valence-corrected chi connectivity index (χ2v) is 7.77. The predicted molar refractivity (Wildman–Crippen MR) is 89.7 cm³/mol. The molecule has 3 rings (SSSR count). The lowest BCUT2D eigenvalue weighted by Gasteiger charge is -2.40. The van der Waals surface area contributed by atoms with Crippen LogP contribution in [0.2, 0.25) is 0 Å². The summed E-state index contributed by atoms with van der Waals surface area (Å²) in [5.41, 5.74) is 0. The Morgan fingerprint density at radius 3 is 2.86 bits per heavy atom. The zero-order chi connectivity index (χ0) is 14.5. The topological polar surface area (TPSA) is 37.0 Å². The van der Waals surface area contributed by atoms with E-state index < -0.39 is 0 Å². The van der Waals surface area contributed by atoms with E-state index in [4.69, 9.17) is 0 Å². The highest BCUT2D eigenvalue weighted by Crippen LogP contribution is 2.30. The quantitative estimate of drug-likeness (QED) is 0.874. The maximum Gasteiger partial charge on any atom is 0.107 e. The van der Waals surface area contributed by atoms with Crippen LogP contribution in [0.5, 0.6) is 0 Å². The summed E-state index contributed by atoms with van der Waals surface area (Å²) in [6.07, 6.45) is 12.8. The molecule has 4 heteroatoms. The van der Waals surface area contributed by atoms with E-state index >= 15 is 0 Å². The molecule has 0 bridgehead atoms. The van der Waals surface area contributed by atoms with Crippen molar-refractivity contribution in [3.8, 4) is 0 Å². The Hall–Kier alpha value is -0.450. The minimum Gasteiger partial charge on any atom is -0.314 e. The Morgan fingerprint density at radius 1 is 1.24 bits per heavy atom. The van der Waals surface area contributed by atoms with Gasteiger partial charge in [0, 0.05) is 29.7 Å². The van der Waals surface area contributed by atoms with E-state index in [-0.39, 0.29) is 0 Å². The van der Waals surface area contributed by atoms with Crippen molar-refractivity contribution >= 4 is 11.3 Å². The first kappa shape index (κ1) is 15.4. The Bertz CT molecular complexity index is 425. The van der Waals surface area contributed by atoms with Gasteiger partial charge in [-0.2, -0.15) is 0 Å². The molecule has 1 aromatic rings. The van der Waals surface area contributed by atoms with Gasteiger partial charge in [0.25, 0.3) is 0 Å². The molecule has 3 unspecified atom stereocenters. The molecule has 0 radical (unpaired) electrons. The van der Waals surface area contributed by atoms with Gasteiger partial charge in [-0.3, -0.25) is 0 Å². The highest BCUT2D eigenvalue weighted by molar-refractivity contribution is 7.11. The molecule has 2 N–H and O–H groups in total. The molecule has 1 saturated heterocycles. The molecule has 3 atom stereocenters. The lowest BCUT2D eigenvalue weighted by atomic mass is 9.77. The molecule has 0 aromatic carbocycles. The van der Waals surface area contributed by atoms with Gasteiger partial charge in [-0.05, 0) is 44.6 Å². The summed E-state index contributed by atoms with van der Waals surface area (Å²) in [6.45, 7) is 4.38. The van der Waals surface area contributed by atoms with Crippen LogP contribution in [0, 0.1) is 5.92 Å². The van der Waals surface area contributed by atoms with Crippen molar-refractivity contribution < 1.29 is 0 Å². The minimum absolute atomic E-state index is 0.684. The summed E-state index contributed by atoms with van der Waals surface area (Å²) >= 11 is 1.87. The monoisotopic (exact) mass is 307 g/mol. The van der Waals surface area contributed by atoms with E-state index in [1.54, 1.807) is 0 Å². The van der Waals surface area contributed by atoms with Crippen molar-refractivity contribution in [2.45, 2.75) is 76.9 Å². The maximum absolute atomic E-state index is 4.55. The third kappa shape index (κ3) is 4.05. The van der Waals surface area contributed by atoms with Gasteiger partial charge in [0.05, 0.1) is 0 Å². The number of aromatic nitrogens is 1. The summed E-state index contributed by atoms with van der Waals surface area (Å²) in [5, 5.41) is 8.87. The van der Waals surface area contributed by atoms with Crippen LogP contribution in [0.3, 0.4) is 0 Å². The van der Waals surface area contributed by atoms with E-state index in [1.165, 1.54) is 61.4 Å². The van der Waals surface area contributed by atoms with Crippen molar-refractivity contribution in [3.63, 3.8) is 0 Å². The summed E-state index contributed by atoms with van der Waals surface area (Å²) in [6, 6.07) is 1.43. The molecule has 1 aromatic heterocycles. The Labute approximate surface area is 132 Å². The maximum atomic E-state index is 4.55. The highest BCUT2D eigenvalue weighted by atomic mass is 32.1. The predicted octanol–water partition coefficient (Wildman–Crippen LogP) is 3.50. The summed E-state index contributed by atoms with van der Waals surface area (Å²) in [7, 11) is 0. The normalized spacial score (nSPS) is 30.4. The van der Waals surface area contributed by atoms with E-state index in [9.17, 15) is 0 Å². The van der Waals surface area contributed by atoms with Gasteiger partial charge in [-0.25, -0.2) is 4.98 Å². The number of nitrogens with zero attached hydrogens (tertiary/aromatic N) is 1. The largest absolute Gasteiger partial charge is 0.314 e. The summed E-state index contributed by atoms with van der Waals surface area (Å²) in [5.74, 6) is 0.824. The average molecular weight is 308 g/mol. The highest BCUT2D eigenvalue weighted by Gasteiger charge is 2.32. The third-order valence-corrected chi connectivity index (χ3v) is 6.29. The Morgan fingerprint density at radius 2 is 2.10 bits per heavy atom. The molecule has 0 amide bonds. The second kappa shape index (κ2) is 7.70. The molecule has 3 nitrogen and oxygen atoms in total. The molecular formula is C17H29N3S. The SMILES string of the molecule is CCc1cnc(CNC2CCCCC2C2CCCCN2)s1. The molecule has 2 fully saturated rings.